The van der Waals surface area contributed by atoms with Crippen LogP contribution in [0.1, 0.15) is 16.7 Å². The lowest BCUT2D eigenvalue weighted by atomic mass is 10.1. The predicted octanol–water partition coefficient (Wildman–Crippen LogP) is 2.96. The minimum atomic E-state index is 0.391. The van der Waals surface area contributed by atoms with E-state index in [9.17, 15) is 0 Å². The molecule has 2 rings (SSSR count). The van der Waals surface area contributed by atoms with Crippen LogP contribution in [0.25, 0.3) is 0 Å². The summed E-state index contributed by atoms with van der Waals surface area (Å²) >= 11 is 0. The quantitative estimate of drug-likeness (QED) is 0.821. The number of nitrogens with two attached hydrogens (primary N) is 1. The van der Waals surface area contributed by atoms with Crippen molar-refractivity contribution in [3.05, 3.63) is 65.2 Å². The second-order valence-electron chi connectivity index (χ2n) is 4.19. The lowest BCUT2D eigenvalue weighted by Gasteiger charge is -2.10. The summed E-state index contributed by atoms with van der Waals surface area (Å²) in [5, 5.41) is 0. The minimum absolute atomic E-state index is 0.391. The lowest BCUT2D eigenvalue weighted by Crippen LogP contribution is -2.01. The molecule has 0 fully saturated rings. The lowest BCUT2D eigenvalue weighted by molar-refractivity contribution is 0.124. The topological polar surface area (TPSA) is 44.5 Å². The summed E-state index contributed by atoms with van der Waals surface area (Å²) in [5.74, 6) is 5.94. The maximum Gasteiger partial charge on any atom is 0.123 e. The third-order valence-electron chi connectivity index (χ3n) is 2.74. The molecule has 94 valence electrons. The van der Waals surface area contributed by atoms with Crippen molar-refractivity contribution in [3.8, 4) is 5.75 Å². The van der Waals surface area contributed by atoms with Crippen LogP contribution < -0.4 is 10.6 Å². The summed E-state index contributed by atoms with van der Waals surface area (Å²) in [4.78, 5) is 4.63. The van der Waals surface area contributed by atoms with Gasteiger partial charge in [0.1, 0.15) is 12.4 Å². The van der Waals surface area contributed by atoms with E-state index in [1.807, 2.05) is 55.5 Å². The van der Waals surface area contributed by atoms with Gasteiger partial charge in [0.15, 0.2) is 0 Å². The van der Waals surface area contributed by atoms with E-state index >= 15 is 0 Å². The monoisotopic (exact) mass is 243 g/mol. The second-order valence-corrected chi connectivity index (χ2v) is 4.19. The molecule has 2 N–H and O–H groups in total. The van der Waals surface area contributed by atoms with E-state index in [1.54, 1.807) is 0 Å². The Balaban J connectivity index is 2.06. The Kier molecular flexibility index (Phi) is 4.34. The molecule has 0 atom stereocenters. The first-order valence-corrected chi connectivity index (χ1v) is 5.87. The fourth-order valence-electron chi connectivity index (χ4n) is 1.72. The van der Waals surface area contributed by atoms with Crippen LogP contribution in [0.5, 0.6) is 5.75 Å². The van der Waals surface area contributed by atoms with Crippen molar-refractivity contribution in [1.29, 1.82) is 0 Å². The predicted molar refractivity (Wildman–Crippen MR) is 70.9 cm³/mol. The third-order valence-corrected chi connectivity index (χ3v) is 2.74. The van der Waals surface area contributed by atoms with Crippen molar-refractivity contribution in [3.63, 3.8) is 0 Å². The molecule has 3 heteroatoms. The molecule has 0 spiro atoms. The second kappa shape index (κ2) is 6.19. The van der Waals surface area contributed by atoms with Crippen molar-refractivity contribution in [2.45, 2.75) is 20.1 Å². The normalized spacial score (nSPS) is 10.3. The molecule has 0 aliphatic heterocycles. The fourth-order valence-corrected chi connectivity index (χ4v) is 1.72. The SMILES string of the molecule is Cc1ccc(CON)cc1OCc1ccccc1. The van der Waals surface area contributed by atoms with Gasteiger partial charge in [0.2, 0.25) is 0 Å². The molecule has 2 aromatic carbocycles. The van der Waals surface area contributed by atoms with Crippen molar-refractivity contribution >= 4 is 0 Å². The molecule has 2 aromatic rings. The van der Waals surface area contributed by atoms with Gasteiger partial charge in [-0.25, -0.2) is 5.90 Å². The number of ether oxygens (including phenoxy) is 1. The highest BCUT2D eigenvalue weighted by Gasteiger charge is 2.02. The molecule has 18 heavy (non-hydrogen) atoms. The average Bonchev–Trinajstić information content (AvgIpc) is 2.41. The summed E-state index contributed by atoms with van der Waals surface area (Å²) in [6.45, 7) is 2.98. The first-order valence-electron chi connectivity index (χ1n) is 5.87. The van der Waals surface area contributed by atoms with E-state index in [-0.39, 0.29) is 0 Å². The van der Waals surface area contributed by atoms with Gasteiger partial charge in [-0.3, -0.25) is 4.84 Å². The van der Waals surface area contributed by atoms with Gasteiger partial charge >= 0.3 is 0 Å². The molecule has 0 unspecified atom stereocenters. The molecule has 3 nitrogen and oxygen atoms in total. The highest BCUT2D eigenvalue weighted by atomic mass is 16.6. The molecule has 0 bridgehead atoms. The van der Waals surface area contributed by atoms with E-state index in [1.165, 1.54) is 0 Å². The molecule has 0 amide bonds. The summed E-state index contributed by atoms with van der Waals surface area (Å²) in [5.41, 5.74) is 3.26. The van der Waals surface area contributed by atoms with Crippen LogP contribution in [0.15, 0.2) is 48.5 Å². The van der Waals surface area contributed by atoms with Crippen molar-refractivity contribution in [2.24, 2.45) is 5.90 Å². The van der Waals surface area contributed by atoms with Crippen LogP contribution in [0.2, 0.25) is 0 Å². The number of benzene rings is 2. The van der Waals surface area contributed by atoms with E-state index in [4.69, 9.17) is 10.6 Å². The highest BCUT2D eigenvalue weighted by molar-refractivity contribution is 5.36. The fraction of sp³-hybridized carbons (Fsp3) is 0.200. The molecule has 0 aliphatic carbocycles. The van der Waals surface area contributed by atoms with Gasteiger partial charge < -0.3 is 4.74 Å². The van der Waals surface area contributed by atoms with Gasteiger partial charge in [0.05, 0.1) is 6.61 Å². The third kappa shape index (κ3) is 3.32. The van der Waals surface area contributed by atoms with E-state index in [0.29, 0.717) is 13.2 Å². The molecule has 0 saturated heterocycles. The smallest absolute Gasteiger partial charge is 0.123 e. The molecule has 0 aromatic heterocycles. The summed E-state index contributed by atoms with van der Waals surface area (Å²) in [6.07, 6.45) is 0. The molecular formula is C15H17NO2. The van der Waals surface area contributed by atoms with E-state index in [2.05, 4.69) is 4.84 Å². The number of rotatable bonds is 5. The zero-order valence-corrected chi connectivity index (χ0v) is 10.4. The van der Waals surface area contributed by atoms with Crippen LogP contribution in [0, 0.1) is 6.92 Å². The Morgan fingerprint density at radius 2 is 1.72 bits per heavy atom. The first kappa shape index (κ1) is 12.6. The van der Waals surface area contributed by atoms with Gasteiger partial charge in [0.25, 0.3) is 0 Å². The zero-order valence-electron chi connectivity index (χ0n) is 10.4. The Bertz CT molecular complexity index is 497. The van der Waals surface area contributed by atoms with Crippen LogP contribution in [0.4, 0.5) is 0 Å². The maximum absolute atomic E-state index is 5.81. The van der Waals surface area contributed by atoms with E-state index < -0.39 is 0 Å². The van der Waals surface area contributed by atoms with Gasteiger partial charge in [0, 0.05) is 0 Å². The molecule has 0 aliphatic rings. The summed E-state index contributed by atoms with van der Waals surface area (Å²) in [6, 6.07) is 16.0. The van der Waals surface area contributed by atoms with Crippen molar-refractivity contribution in [1.82, 2.24) is 0 Å². The zero-order chi connectivity index (χ0) is 12.8. The largest absolute Gasteiger partial charge is 0.489 e. The Labute approximate surface area is 107 Å². The summed E-state index contributed by atoms with van der Waals surface area (Å²) < 4.78 is 5.81. The average molecular weight is 243 g/mol. The molecule has 0 heterocycles. The Morgan fingerprint density at radius 3 is 2.44 bits per heavy atom. The van der Waals surface area contributed by atoms with Crippen LogP contribution in [-0.4, -0.2) is 0 Å². The van der Waals surface area contributed by atoms with Crippen LogP contribution in [-0.2, 0) is 18.1 Å². The Hall–Kier alpha value is -1.84. The number of hydrogen-bond donors (Lipinski definition) is 1. The van der Waals surface area contributed by atoms with Crippen molar-refractivity contribution in [2.75, 3.05) is 0 Å². The maximum atomic E-state index is 5.81. The van der Waals surface area contributed by atoms with Crippen LogP contribution in [0.3, 0.4) is 0 Å². The molecule has 0 radical (unpaired) electrons. The van der Waals surface area contributed by atoms with Gasteiger partial charge in [-0.05, 0) is 29.7 Å². The van der Waals surface area contributed by atoms with Gasteiger partial charge in [-0.2, -0.15) is 0 Å². The van der Waals surface area contributed by atoms with Gasteiger partial charge in [-0.1, -0.05) is 42.5 Å². The Morgan fingerprint density at radius 1 is 0.944 bits per heavy atom. The summed E-state index contributed by atoms with van der Waals surface area (Å²) in [7, 11) is 0. The van der Waals surface area contributed by atoms with E-state index in [0.717, 1.165) is 22.4 Å². The molecular weight excluding hydrogens is 226 g/mol. The van der Waals surface area contributed by atoms with Crippen LogP contribution >= 0.6 is 0 Å². The standard InChI is InChI=1S/C15H17NO2/c1-12-7-8-14(11-18-16)9-15(12)17-10-13-5-3-2-4-6-13/h2-9H,10-11,16H2,1H3. The number of hydrogen-bond acceptors (Lipinski definition) is 3. The van der Waals surface area contributed by atoms with Gasteiger partial charge in [-0.15, -0.1) is 0 Å². The molecule has 0 saturated carbocycles. The van der Waals surface area contributed by atoms with Crippen molar-refractivity contribution < 1.29 is 9.57 Å². The number of aryl methyl sites for hydroxylation is 1. The first-order chi connectivity index (χ1) is 8.79. The highest BCUT2D eigenvalue weighted by Crippen LogP contribution is 2.21. The minimum Gasteiger partial charge on any atom is -0.489 e.